The Morgan fingerprint density at radius 2 is 2.24 bits per heavy atom. The molecule has 1 fully saturated rings. The highest BCUT2D eigenvalue weighted by Gasteiger charge is 2.26. The standard InChI is InChI=1S/C12H23NO4/c1-4-16-11(14)9-15-7-5-13-6-8-17-12(2,3)10-13/h4-10H2,1-3H3. The van der Waals surface area contributed by atoms with E-state index in [-0.39, 0.29) is 18.2 Å². The van der Waals surface area contributed by atoms with Crippen LogP contribution in [0.5, 0.6) is 0 Å². The predicted octanol–water partition coefficient (Wildman–Crippen LogP) is 0.677. The summed E-state index contributed by atoms with van der Waals surface area (Å²) in [4.78, 5) is 13.3. The van der Waals surface area contributed by atoms with Crippen LogP contribution in [0.4, 0.5) is 0 Å². The molecular weight excluding hydrogens is 222 g/mol. The molecule has 5 heteroatoms. The minimum Gasteiger partial charge on any atom is -0.464 e. The van der Waals surface area contributed by atoms with Gasteiger partial charge >= 0.3 is 5.97 Å². The zero-order chi connectivity index (χ0) is 12.7. The zero-order valence-corrected chi connectivity index (χ0v) is 11.0. The van der Waals surface area contributed by atoms with Crippen molar-refractivity contribution < 1.29 is 19.0 Å². The van der Waals surface area contributed by atoms with Gasteiger partial charge in [0, 0.05) is 19.6 Å². The first kappa shape index (κ1) is 14.4. The van der Waals surface area contributed by atoms with E-state index in [2.05, 4.69) is 18.7 Å². The maximum absolute atomic E-state index is 11.0. The summed E-state index contributed by atoms with van der Waals surface area (Å²) in [6, 6.07) is 0. The Morgan fingerprint density at radius 1 is 1.47 bits per heavy atom. The molecule has 0 radical (unpaired) electrons. The van der Waals surface area contributed by atoms with Gasteiger partial charge in [0.15, 0.2) is 0 Å². The molecule has 0 bridgehead atoms. The Labute approximate surface area is 103 Å². The molecule has 0 aromatic carbocycles. The third kappa shape index (κ3) is 6.00. The Balaban J connectivity index is 2.08. The average Bonchev–Trinajstić information content (AvgIpc) is 2.23. The summed E-state index contributed by atoms with van der Waals surface area (Å²) in [6.07, 6.45) is 0. The van der Waals surface area contributed by atoms with E-state index in [1.165, 1.54) is 0 Å². The highest BCUT2D eigenvalue weighted by molar-refractivity contribution is 5.70. The maximum atomic E-state index is 11.0. The number of carbonyl (C=O) groups excluding carboxylic acids is 1. The van der Waals surface area contributed by atoms with Crippen molar-refractivity contribution in [3.8, 4) is 0 Å². The van der Waals surface area contributed by atoms with Crippen LogP contribution >= 0.6 is 0 Å². The molecule has 0 unspecified atom stereocenters. The summed E-state index contributed by atoms with van der Waals surface area (Å²) in [7, 11) is 0. The lowest BCUT2D eigenvalue weighted by molar-refractivity contribution is -0.149. The third-order valence-electron chi connectivity index (χ3n) is 2.58. The van der Waals surface area contributed by atoms with Crippen LogP contribution in [0.25, 0.3) is 0 Å². The summed E-state index contributed by atoms with van der Waals surface area (Å²) in [5, 5.41) is 0. The average molecular weight is 245 g/mol. The minimum atomic E-state index is -0.296. The van der Waals surface area contributed by atoms with Gasteiger partial charge in [0.2, 0.25) is 0 Å². The first-order valence-corrected chi connectivity index (χ1v) is 6.13. The molecule has 0 aliphatic carbocycles. The Morgan fingerprint density at radius 3 is 2.88 bits per heavy atom. The minimum absolute atomic E-state index is 0.0432. The van der Waals surface area contributed by atoms with Gasteiger partial charge in [0.05, 0.1) is 25.4 Å². The number of rotatable bonds is 6. The summed E-state index contributed by atoms with van der Waals surface area (Å²) in [6.45, 7) is 10.3. The van der Waals surface area contributed by atoms with Crippen molar-refractivity contribution in [1.29, 1.82) is 0 Å². The largest absolute Gasteiger partial charge is 0.464 e. The quantitative estimate of drug-likeness (QED) is 0.508. The van der Waals surface area contributed by atoms with E-state index in [9.17, 15) is 4.79 Å². The Kier molecular flexibility index (Phi) is 5.88. The first-order valence-electron chi connectivity index (χ1n) is 6.13. The normalized spacial score (nSPS) is 20.2. The van der Waals surface area contributed by atoms with Crippen molar-refractivity contribution in [2.45, 2.75) is 26.4 Å². The predicted molar refractivity (Wildman–Crippen MR) is 63.9 cm³/mol. The molecule has 5 nitrogen and oxygen atoms in total. The summed E-state index contributed by atoms with van der Waals surface area (Å²) < 4.78 is 15.6. The molecule has 0 aromatic rings. The van der Waals surface area contributed by atoms with Crippen molar-refractivity contribution >= 4 is 5.97 Å². The van der Waals surface area contributed by atoms with Crippen molar-refractivity contribution in [1.82, 2.24) is 4.90 Å². The maximum Gasteiger partial charge on any atom is 0.332 e. The monoisotopic (exact) mass is 245 g/mol. The van der Waals surface area contributed by atoms with Crippen LogP contribution in [0.15, 0.2) is 0 Å². The number of morpholine rings is 1. The molecule has 0 spiro atoms. The van der Waals surface area contributed by atoms with Crippen LogP contribution in [0.3, 0.4) is 0 Å². The molecule has 0 N–H and O–H groups in total. The van der Waals surface area contributed by atoms with E-state index in [1.54, 1.807) is 6.92 Å². The molecule has 0 amide bonds. The second kappa shape index (κ2) is 6.93. The molecule has 0 aromatic heterocycles. The van der Waals surface area contributed by atoms with Gasteiger partial charge in [-0.2, -0.15) is 0 Å². The Bertz CT molecular complexity index is 243. The fraction of sp³-hybridized carbons (Fsp3) is 0.917. The van der Waals surface area contributed by atoms with E-state index >= 15 is 0 Å². The second-order valence-electron chi connectivity index (χ2n) is 4.74. The fourth-order valence-electron chi connectivity index (χ4n) is 1.86. The van der Waals surface area contributed by atoms with E-state index in [0.717, 1.165) is 26.2 Å². The number of hydrogen-bond donors (Lipinski definition) is 0. The summed E-state index contributed by atoms with van der Waals surface area (Å²) in [5.41, 5.74) is -0.0839. The van der Waals surface area contributed by atoms with Gasteiger partial charge in [0.1, 0.15) is 6.61 Å². The molecule has 17 heavy (non-hydrogen) atoms. The molecule has 100 valence electrons. The number of ether oxygens (including phenoxy) is 3. The number of hydrogen-bond acceptors (Lipinski definition) is 5. The molecule has 1 saturated heterocycles. The van der Waals surface area contributed by atoms with E-state index < -0.39 is 0 Å². The van der Waals surface area contributed by atoms with Crippen LogP contribution in [-0.4, -0.2) is 62.5 Å². The smallest absolute Gasteiger partial charge is 0.332 e. The molecule has 0 saturated carbocycles. The number of carbonyl (C=O) groups is 1. The van der Waals surface area contributed by atoms with E-state index in [4.69, 9.17) is 14.2 Å². The van der Waals surface area contributed by atoms with Crippen molar-refractivity contribution in [3.05, 3.63) is 0 Å². The molecular formula is C12H23NO4. The van der Waals surface area contributed by atoms with Crippen LogP contribution in [0.1, 0.15) is 20.8 Å². The van der Waals surface area contributed by atoms with Crippen LogP contribution < -0.4 is 0 Å². The molecule has 1 aliphatic rings. The van der Waals surface area contributed by atoms with Crippen LogP contribution in [0, 0.1) is 0 Å². The topological polar surface area (TPSA) is 48.0 Å². The zero-order valence-electron chi connectivity index (χ0n) is 11.0. The highest BCUT2D eigenvalue weighted by Crippen LogP contribution is 2.15. The lowest BCUT2D eigenvalue weighted by atomic mass is 10.1. The third-order valence-corrected chi connectivity index (χ3v) is 2.58. The van der Waals surface area contributed by atoms with Crippen molar-refractivity contribution in [2.75, 3.05) is 46.1 Å². The Hall–Kier alpha value is -0.650. The van der Waals surface area contributed by atoms with Gasteiger partial charge in [-0.15, -0.1) is 0 Å². The summed E-state index contributed by atoms with van der Waals surface area (Å²) >= 11 is 0. The van der Waals surface area contributed by atoms with Crippen LogP contribution in [-0.2, 0) is 19.0 Å². The van der Waals surface area contributed by atoms with Crippen LogP contribution in [0.2, 0.25) is 0 Å². The highest BCUT2D eigenvalue weighted by atomic mass is 16.6. The molecule has 1 aliphatic heterocycles. The number of nitrogens with zero attached hydrogens (tertiary/aromatic N) is 1. The van der Waals surface area contributed by atoms with E-state index in [1.807, 2.05) is 0 Å². The lowest BCUT2D eigenvalue weighted by Crippen LogP contribution is -2.49. The molecule has 1 heterocycles. The van der Waals surface area contributed by atoms with Gasteiger partial charge in [-0.1, -0.05) is 0 Å². The molecule has 0 atom stereocenters. The van der Waals surface area contributed by atoms with Crippen molar-refractivity contribution in [2.24, 2.45) is 0 Å². The fourth-order valence-corrected chi connectivity index (χ4v) is 1.86. The van der Waals surface area contributed by atoms with Gasteiger partial charge in [-0.25, -0.2) is 4.79 Å². The second-order valence-corrected chi connectivity index (χ2v) is 4.74. The van der Waals surface area contributed by atoms with Gasteiger partial charge in [-0.3, -0.25) is 4.90 Å². The van der Waals surface area contributed by atoms with Gasteiger partial charge in [0.25, 0.3) is 0 Å². The summed E-state index contributed by atoms with van der Waals surface area (Å²) in [5.74, 6) is -0.296. The lowest BCUT2D eigenvalue weighted by Gasteiger charge is -2.38. The number of esters is 1. The van der Waals surface area contributed by atoms with Crippen molar-refractivity contribution in [3.63, 3.8) is 0 Å². The van der Waals surface area contributed by atoms with E-state index in [0.29, 0.717) is 13.2 Å². The first-order chi connectivity index (χ1) is 8.03. The van der Waals surface area contributed by atoms with Gasteiger partial charge in [-0.05, 0) is 20.8 Å². The molecule has 1 rings (SSSR count). The van der Waals surface area contributed by atoms with Gasteiger partial charge < -0.3 is 14.2 Å². The SMILES string of the molecule is CCOC(=O)COCCN1CCOC(C)(C)C1.